The maximum absolute atomic E-state index is 13.6. The minimum atomic E-state index is 0.181. The first-order valence-electron chi connectivity index (χ1n) is 12.5. The Morgan fingerprint density at radius 2 is 2.00 bits per heavy atom. The molecular formula is C27H39N4O3+. The van der Waals surface area contributed by atoms with Crippen molar-refractivity contribution >= 4 is 11.6 Å². The van der Waals surface area contributed by atoms with Crippen LogP contribution in [0, 0.1) is 0 Å². The maximum Gasteiger partial charge on any atom is 0.241 e. The van der Waals surface area contributed by atoms with E-state index in [9.17, 15) is 4.79 Å². The molecule has 0 aliphatic carbocycles. The number of nitrogens with zero attached hydrogens (tertiary/aromatic N) is 4. The van der Waals surface area contributed by atoms with Crippen molar-refractivity contribution in [2.75, 3.05) is 52.0 Å². The number of likely N-dealkylation sites (tertiary alicyclic amines) is 1. The number of amides is 1. The second-order valence-corrected chi connectivity index (χ2v) is 9.85. The third-order valence-electron chi connectivity index (χ3n) is 6.92. The zero-order chi connectivity index (χ0) is 24.1. The number of carbonyl (C=O) groups excluding carboxylic acids is 1. The standard InChI is InChI=1S/C27H39N4O3/c1-5-6-13-31(24-8-7-12-29(4)18-24)27(32)19-30-17-22(15-23(30)11-14-28(2)3)21-9-10-25-26(16-21)34-20-33-25/h7-10,12,16,18,22-23H,5-6,11,13-15,17,19-20H2,1-4H3/q+1. The minimum Gasteiger partial charge on any atom is -0.454 e. The molecule has 7 heteroatoms. The van der Waals surface area contributed by atoms with Crippen LogP contribution in [0.5, 0.6) is 11.5 Å². The third-order valence-corrected chi connectivity index (χ3v) is 6.92. The van der Waals surface area contributed by atoms with Crippen molar-refractivity contribution in [3.63, 3.8) is 0 Å². The van der Waals surface area contributed by atoms with Gasteiger partial charge >= 0.3 is 0 Å². The summed E-state index contributed by atoms with van der Waals surface area (Å²) in [5, 5.41) is 0. The molecule has 4 rings (SSSR count). The van der Waals surface area contributed by atoms with Crippen molar-refractivity contribution in [2.45, 2.75) is 44.6 Å². The molecule has 184 valence electrons. The number of pyridine rings is 1. The van der Waals surface area contributed by atoms with E-state index in [1.807, 2.05) is 47.1 Å². The number of anilines is 1. The fourth-order valence-electron chi connectivity index (χ4n) is 5.00. The Kier molecular flexibility index (Phi) is 8.06. The second kappa shape index (κ2) is 11.2. The highest BCUT2D eigenvalue weighted by Crippen LogP contribution is 2.39. The number of hydrogen-bond donors (Lipinski definition) is 0. The van der Waals surface area contributed by atoms with Gasteiger partial charge in [0.25, 0.3) is 0 Å². The Balaban J connectivity index is 1.51. The largest absolute Gasteiger partial charge is 0.454 e. The predicted octanol–water partition coefficient (Wildman–Crippen LogP) is 3.18. The van der Waals surface area contributed by atoms with Crippen molar-refractivity contribution < 1.29 is 18.8 Å². The number of hydrogen-bond acceptors (Lipinski definition) is 5. The molecule has 3 heterocycles. The number of benzene rings is 1. The van der Waals surface area contributed by atoms with Gasteiger partial charge in [0.15, 0.2) is 23.9 Å². The molecule has 2 unspecified atom stereocenters. The summed E-state index contributed by atoms with van der Waals surface area (Å²) < 4.78 is 13.1. The lowest BCUT2D eigenvalue weighted by molar-refractivity contribution is -0.670. The summed E-state index contributed by atoms with van der Waals surface area (Å²) in [6.07, 6.45) is 8.20. The van der Waals surface area contributed by atoms with E-state index in [0.29, 0.717) is 25.3 Å². The van der Waals surface area contributed by atoms with E-state index in [2.05, 4.69) is 43.0 Å². The van der Waals surface area contributed by atoms with Crippen molar-refractivity contribution in [1.29, 1.82) is 0 Å². The van der Waals surface area contributed by atoms with E-state index < -0.39 is 0 Å². The molecule has 0 spiro atoms. The molecular weight excluding hydrogens is 428 g/mol. The van der Waals surface area contributed by atoms with Gasteiger partial charge in [-0.1, -0.05) is 19.4 Å². The van der Waals surface area contributed by atoms with Crippen LogP contribution in [0.2, 0.25) is 0 Å². The van der Waals surface area contributed by atoms with Gasteiger partial charge in [0, 0.05) is 25.2 Å². The molecule has 1 aromatic carbocycles. The van der Waals surface area contributed by atoms with Gasteiger partial charge in [-0.3, -0.25) is 9.69 Å². The minimum absolute atomic E-state index is 0.181. The zero-order valence-corrected chi connectivity index (χ0v) is 21.1. The molecule has 7 nitrogen and oxygen atoms in total. The Morgan fingerprint density at radius 3 is 2.76 bits per heavy atom. The summed E-state index contributed by atoms with van der Waals surface area (Å²) in [6.45, 7) is 5.55. The van der Waals surface area contributed by atoms with Gasteiger partial charge in [0.1, 0.15) is 12.7 Å². The van der Waals surface area contributed by atoms with Gasteiger partial charge in [0.2, 0.25) is 12.7 Å². The lowest BCUT2D eigenvalue weighted by Crippen LogP contribution is -2.44. The molecule has 1 fully saturated rings. The number of aryl methyl sites for hydroxylation is 1. The van der Waals surface area contributed by atoms with Gasteiger partial charge in [-0.15, -0.1) is 0 Å². The van der Waals surface area contributed by atoms with E-state index in [1.54, 1.807) is 0 Å². The van der Waals surface area contributed by atoms with Crippen LogP contribution in [0.4, 0.5) is 5.69 Å². The molecule has 2 aliphatic heterocycles. The second-order valence-electron chi connectivity index (χ2n) is 9.85. The summed E-state index contributed by atoms with van der Waals surface area (Å²) in [7, 11) is 6.23. The van der Waals surface area contributed by atoms with E-state index in [4.69, 9.17) is 9.47 Å². The summed E-state index contributed by atoms with van der Waals surface area (Å²) in [5.74, 6) is 2.22. The number of aromatic nitrogens is 1. The van der Waals surface area contributed by atoms with Gasteiger partial charge in [-0.05, 0) is 69.6 Å². The molecule has 2 atom stereocenters. The molecule has 0 N–H and O–H groups in total. The number of rotatable bonds is 10. The molecule has 0 radical (unpaired) electrons. The summed E-state index contributed by atoms with van der Waals surface area (Å²) in [5.41, 5.74) is 2.24. The topological polar surface area (TPSA) is 49.1 Å². The van der Waals surface area contributed by atoms with E-state index in [-0.39, 0.29) is 5.91 Å². The number of unbranched alkanes of at least 4 members (excludes halogenated alkanes) is 1. The smallest absolute Gasteiger partial charge is 0.241 e. The normalized spacial score (nSPS) is 19.7. The Hall–Kier alpha value is -2.64. The molecule has 1 saturated heterocycles. The zero-order valence-electron chi connectivity index (χ0n) is 21.1. The quantitative estimate of drug-likeness (QED) is 0.503. The highest BCUT2D eigenvalue weighted by atomic mass is 16.7. The van der Waals surface area contributed by atoms with Gasteiger partial charge in [-0.25, -0.2) is 4.57 Å². The molecule has 1 aromatic heterocycles. The van der Waals surface area contributed by atoms with Crippen LogP contribution in [0.3, 0.4) is 0 Å². The SMILES string of the molecule is CCCCN(C(=O)CN1CC(c2ccc3c(c2)OCO3)CC1CCN(C)C)c1ccc[n+](C)c1. The molecule has 34 heavy (non-hydrogen) atoms. The third kappa shape index (κ3) is 5.88. The van der Waals surface area contributed by atoms with E-state index in [1.165, 1.54) is 5.56 Å². The maximum atomic E-state index is 13.6. The van der Waals surface area contributed by atoms with E-state index >= 15 is 0 Å². The highest BCUT2D eigenvalue weighted by molar-refractivity contribution is 5.94. The van der Waals surface area contributed by atoms with Crippen LogP contribution in [-0.4, -0.2) is 68.8 Å². The molecule has 0 saturated carbocycles. The first-order valence-corrected chi connectivity index (χ1v) is 12.5. The van der Waals surface area contributed by atoms with Gasteiger partial charge in [0.05, 0.1) is 6.54 Å². The first kappa shape index (κ1) is 24.5. The lowest BCUT2D eigenvalue weighted by Gasteiger charge is -2.28. The van der Waals surface area contributed by atoms with Crippen LogP contribution in [0.15, 0.2) is 42.7 Å². The average molecular weight is 468 g/mol. The van der Waals surface area contributed by atoms with Crippen molar-refractivity contribution in [1.82, 2.24) is 9.80 Å². The van der Waals surface area contributed by atoms with Gasteiger partial charge in [-0.2, -0.15) is 0 Å². The van der Waals surface area contributed by atoms with Crippen molar-refractivity contribution in [2.24, 2.45) is 7.05 Å². The molecule has 2 aromatic rings. The highest BCUT2D eigenvalue weighted by Gasteiger charge is 2.35. The lowest BCUT2D eigenvalue weighted by atomic mass is 9.95. The fourth-order valence-corrected chi connectivity index (χ4v) is 5.00. The number of fused-ring (bicyclic) bond motifs is 1. The van der Waals surface area contributed by atoms with Crippen LogP contribution in [-0.2, 0) is 11.8 Å². The summed E-state index contributed by atoms with van der Waals surface area (Å²) in [6, 6.07) is 10.7. The Morgan fingerprint density at radius 1 is 1.18 bits per heavy atom. The van der Waals surface area contributed by atoms with Crippen LogP contribution in [0.1, 0.15) is 44.1 Å². The Bertz CT molecular complexity index is 980. The average Bonchev–Trinajstić information content (AvgIpc) is 3.44. The Labute approximate surface area is 203 Å². The fraction of sp³-hybridized carbons (Fsp3) is 0.556. The molecule has 0 bridgehead atoms. The van der Waals surface area contributed by atoms with Crippen LogP contribution < -0.4 is 18.9 Å². The van der Waals surface area contributed by atoms with Crippen molar-refractivity contribution in [3.05, 3.63) is 48.3 Å². The van der Waals surface area contributed by atoms with Gasteiger partial charge < -0.3 is 19.3 Å². The molecule has 2 aliphatic rings. The molecule has 1 amide bonds. The van der Waals surface area contributed by atoms with Crippen LogP contribution in [0.25, 0.3) is 0 Å². The predicted molar refractivity (Wildman–Crippen MR) is 133 cm³/mol. The van der Waals surface area contributed by atoms with E-state index in [0.717, 1.165) is 62.5 Å². The number of ether oxygens (including phenoxy) is 2. The summed E-state index contributed by atoms with van der Waals surface area (Å²) in [4.78, 5) is 20.2. The number of carbonyl (C=O) groups is 1. The monoisotopic (exact) mass is 467 g/mol. The summed E-state index contributed by atoms with van der Waals surface area (Å²) >= 11 is 0. The van der Waals surface area contributed by atoms with Crippen LogP contribution >= 0.6 is 0 Å². The van der Waals surface area contributed by atoms with Crippen molar-refractivity contribution in [3.8, 4) is 11.5 Å². The first-order chi connectivity index (χ1) is 16.4.